The summed E-state index contributed by atoms with van der Waals surface area (Å²) >= 11 is 15.9. The second-order valence-corrected chi connectivity index (χ2v) is 8.21. The molecule has 0 atom stereocenters. The summed E-state index contributed by atoms with van der Waals surface area (Å²) in [6, 6.07) is 15.8. The van der Waals surface area contributed by atoms with Crippen LogP contribution in [0.2, 0.25) is 10.0 Å². The van der Waals surface area contributed by atoms with Crippen molar-refractivity contribution in [3.05, 3.63) is 91.6 Å². The zero-order chi connectivity index (χ0) is 21.5. The van der Waals surface area contributed by atoms with Gasteiger partial charge in [0.15, 0.2) is 11.5 Å². The van der Waals surface area contributed by atoms with E-state index in [0.717, 1.165) is 20.6 Å². The Kier molecular flexibility index (Phi) is 8.40. The fourth-order valence-electron chi connectivity index (χ4n) is 2.86. The van der Waals surface area contributed by atoms with Crippen LogP contribution in [-0.2, 0) is 19.7 Å². The molecule has 3 rings (SSSR count). The van der Waals surface area contributed by atoms with Gasteiger partial charge in [-0.05, 0) is 48.4 Å². The monoisotopic (exact) mass is 511 g/mol. The predicted molar refractivity (Wildman–Crippen MR) is 123 cm³/mol. The molecule has 3 nitrogen and oxygen atoms in total. The highest BCUT2D eigenvalue weighted by molar-refractivity contribution is 9.10. The molecule has 0 amide bonds. The highest BCUT2D eigenvalue weighted by Gasteiger charge is 2.12. The Balaban J connectivity index is 1.70. The van der Waals surface area contributed by atoms with E-state index in [1.54, 1.807) is 6.07 Å². The lowest BCUT2D eigenvalue weighted by Crippen LogP contribution is -2.13. The van der Waals surface area contributed by atoms with Crippen LogP contribution >= 0.6 is 39.1 Å². The van der Waals surface area contributed by atoms with Crippen LogP contribution in [0.15, 0.2) is 59.1 Å². The molecule has 30 heavy (non-hydrogen) atoms. The van der Waals surface area contributed by atoms with Gasteiger partial charge in [0.2, 0.25) is 0 Å². The van der Waals surface area contributed by atoms with Crippen molar-refractivity contribution in [1.29, 1.82) is 0 Å². The average molecular weight is 513 g/mol. The summed E-state index contributed by atoms with van der Waals surface area (Å²) in [6.07, 6.45) is 0. The Morgan fingerprint density at radius 3 is 2.33 bits per heavy atom. The van der Waals surface area contributed by atoms with Crippen LogP contribution in [0.4, 0.5) is 4.39 Å². The van der Waals surface area contributed by atoms with E-state index >= 15 is 0 Å². The highest BCUT2D eigenvalue weighted by atomic mass is 79.9. The normalized spacial score (nSPS) is 10.8. The maximum Gasteiger partial charge on any atom is 0.162 e. The minimum Gasteiger partial charge on any atom is -0.490 e. The van der Waals surface area contributed by atoms with Crippen LogP contribution in [0, 0.1) is 5.82 Å². The van der Waals surface area contributed by atoms with Crippen LogP contribution in [-0.4, -0.2) is 6.61 Å². The molecule has 0 aliphatic carbocycles. The molecule has 0 fully saturated rings. The first-order valence-electron chi connectivity index (χ1n) is 9.44. The predicted octanol–water partition coefficient (Wildman–Crippen LogP) is 7.16. The summed E-state index contributed by atoms with van der Waals surface area (Å²) in [5, 5.41) is 4.46. The number of benzene rings is 3. The van der Waals surface area contributed by atoms with Gasteiger partial charge in [0, 0.05) is 28.1 Å². The number of halogens is 4. The van der Waals surface area contributed by atoms with Crippen LogP contribution in [0.1, 0.15) is 23.6 Å². The van der Waals surface area contributed by atoms with Crippen molar-refractivity contribution in [3.63, 3.8) is 0 Å². The fraction of sp³-hybridized carbons (Fsp3) is 0.217. The largest absolute Gasteiger partial charge is 0.490 e. The lowest BCUT2D eigenvalue weighted by molar-refractivity contribution is 0.268. The Labute approximate surface area is 194 Å². The molecule has 0 heterocycles. The van der Waals surface area contributed by atoms with Gasteiger partial charge in [0.1, 0.15) is 12.4 Å². The van der Waals surface area contributed by atoms with Gasteiger partial charge in [0.05, 0.1) is 11.6 Å². The van der Waals surface area contributed by atoms with Gasteiger partial charge in [-0.1, -0.05) is 63.4 Å². The standard InChI is InChI=1S/C23H21BrCl2FNO2/c1-2-29-22-9-17(13-28-12-15-5-3-4-6-20(15)25)19(24)11-23(22)30-14-16-7-8-18(27)10-21(16)26/h3-11,28H,2,12-14H2,1H3. The van der Waals surface area contributed by atoms with E-state index in [2.05, 4.69) is 21.2 Å². The van der Waals surface area contributed by atoms with Gasteiger partial charge >= 0.3 is 0 Å². The van der Waals surface area contributed by atoms with Gasteiger partial charge in [-0.3, -0.25) is 0 Å². The molecule has 1 N–H and O–H groups in total. The van der Waals surface area contributed by atoms with Gasteiger partial charge < -0.3 is 14.8 Å². The molecule has 0 bridgehead atoms. The first kappa shape index (κ1) is 22.9. The first-order chi connectivity index (χ1) is 14.5. The van der Waals surface area contributed by atoms with E-state index in [1.165, 1.54) is 12.1 Å². The highest BCUT2D eigenvalue weighted by Crippen LogP contribution is 2.35. The Morgan fingerprint density at radius 1 is 0.867 bits per heavy atom. The quantitative estimate of drug-likeness (QED) is 0.330. The van der Waals surface area contributed by atoms with E-state index < -0.39 is 0 Å². The summed E-state index contributed by atoms with van der Waals surface area (Å²) in [6.45, 7) is 3.89. The number of ether oxygens (including phenoxy) is 2. The van der Waals surface area contributed by atoms with Crippen molar-refractivity contribution in [2.75, 3.05) is 6.61 Å². The van der Waals surface area contributed by atoms with Crippen molar-refractivity contribution in [2.24, 2.45) is 0 Å². The molecular weight excluding hydrogens is 492 g/mol. The maximum absolute atomic E-state index is 13.2. The van der Waals surface area contributed by atoms with E-state index in [9.17, 15) is 4.39 Å². The van der Waals surface area contributed by atoms with Gasteiger partial charge in [-0.2, -0.15) is 0 Å². The molecule has 3 aromatic carbocycles. The smallest absolute Gasteiger partial charge is 0.162 e. The molecular formula is C23H21BrCl2FNO2. The van der Waals surface area contributed by atoms with Crippen molar-refractivity contribution in [2.45, 2.75) is 26.6 Å². The summed E-state index contributed by atoms with van der Waals surface area (Å²) in [5.41, 5.74) is 2.76. The molecule has 0 saturated heterocycles. The maximum atomic E-state index is 13.2. The number of rotatable bonds is 9. The Bertz CT molecular complexity index is 1020. The zero-order valence-electron chi connectivity index (χ0n) is 16.4. The van der Waals surface area contributed by atoms with Gasteiger partial charge in [0.25, 0.3) is 0 Å². The van der Waals surface area contributed by atoms with Crippen LogP contribution in [0.5, 0.6) is 11.5 Å². The molecule has 0 aromatic heterocycles. The fourth-order valence-corrected chi connectivity index (χ4v) is 3.75. The topological polar surface area (TPSA) is 30.5 Å². The van der Waals surface area contributed by atoms with Gasteiger partial charge in [-0.15, -0.1) is 0 Å². The molecule has 158 valence electrons. The zero-order valence-corrected chi connectivity index (χ0v) is 19.5. The van der Waals surface area contributed by atoms with Gasteiger partial charge in [-0.25, -0.2) is 4.39 Å². The molecule has 0 radical (unpaired) electrons. The Hall–Kier alpha value is -1.79. The van der Waals surface area contributed by atoms with Crippen LogP contribution in [0.25, 0.3) is 0 Å². The second kappa shape index (κ2) is 11.0. The van der Waals surface area contributed by atoms with Crippen LogP contribution < -0.4 is 14.8 Å². The average Bonchev–Trinajstić information content (AvgIpc) is 2.71. The SMILES string of the molecule is CCOc1cc(CNCc2ccccc2Cl)c(Br)cc1OCc1ccc(F)cc1Cl. The van der Waals surface area contributed by atoms with Crippen molar-refractivity contribution in [3.8, 4) is 11.5 Å². The summed E-state index contributed by atoms with van der Waals surface area (Å²) in [5.74, 6) is 0.836. The second-order valence-electron chi connectivity index (χ2n) is 6.54. The number of hydrogen-bond donors (Lipinski definition) is 1. The van der Waals surface area contributed by atoms with Crippen LogP contribution in [0.3, 0.4) is 0 Å². The Morgan fingerprint density at radius 2 is 1.60 bits per heavy atom. The molecule has 0 saturated carbocycles. The van der Waals surface area contributed by atoms with E-state index in [1.807, 2.05) is 43.3 Å². The first-order valence-corrected chi connectivity index (χ1v) is 11.0. The third kappa shape index (κ3) is 6.11. The third-order valence-electron chi connectivity index (χ3n) is 4.40. The molecule has 0 aliphatic rings. The molecule has 3 aromatic rings. The molecule has 0 aliphatic heterocycles. The minimum absolute atomic E-state index is 0.204. The minimum atomic E-state index is -0.379. The number of nitrogens with one attached hydrogen (secondary N) is 1. The summed E-state index contributed by atoms with van der Waals surface area (Å²) in [4.78, 5) is 0. The summed E-state index contributed by atoms with van der Waals surface area (Å²) < 4.78 is 25.8. The van der Waals surface area contributed by atoms with Crippen molar-refractivity contribution < 1.29 is 13.9 Å². The van der Waals surface area contributed by atoms with Crippen molar-refractivity contribution >= 4 is 39.1 Å². The lowest BCUT2D eigenvalue weighted by Gasteiger charge is -2.16. The van der Waals surface area contributed by atoms with Crippen molar-refractivity contribution in [1.82, 2.24) is 5.32 Å². The third-order valence-corrected chi connectivity index (χ3v) is 5.86. The number of hydrogen-bond acceptors (Lipinski definition) is 3. The molecule has 0 unspecified atom stereocenters. The van der Waals surface area contributed by atoms with E-state index in [4.69, 9.17) is 32.7 Å². The molecule has 7 heteroatoms. The lowest BCUT2D eigenvalue weighted by atomic mass is 10.1. The molecule has 0 spiro atoms. The van der Waals surface area contributed by atoms with E-state index in [-0.39, 0.29) is 12.4 Å². The summed E-state index contributed by atoms with van der Waals surface area (Å²) in [7, 11) is 0. The van der Waals surface area contributed by atoms with E-state index in [0.29, 0.717) is 41.8 Å².